The standard InChI is InChI=1S/C22H24N4O4S/c1-13(27)24-20-26-17-10-9-16(11-18(17)31-20)25-19(28)15-7-5-14(6-8-15)12-23-21(29)30-22(2,3)4/h5-11H,12H2,1-4H3,(H,23,29)(H,25,28)(H,24,26,27). The molecule has 8 nitrogen and oxygen atoms in total. The van der Waals surface area contributed by atoms with Crippen molar-refractivity contribution in [1.29, 1.82) is 0 Å². The molecule has 3 rings (SSSR count). The molecule has 0 aliphatic carbocycles. The Labute approximate surface area is 184 Å². The molecule has 3 amide bonds. The molecule has 0 saturated carbocycles. The molecule has 1 aromatic heterocycles. The van der Waals surface area contributed by atoms with Crippen molar-refractivity contribution in [3.63, 3.8) is 0 Å². The molecule has 3 aromatic rings. The van der Waals surface area contributed by atoms with E-state index in [1.165, 1.54) is 18.3 Å². The van der Waals surface area contributed by atoms with Gasteiger partial charge in [0.15, 0.2) is 5.13 Å². The fourth-order valence-corrected chi connectivity index (χ4v) is 3.62. The van der Waals surface area contributed by atoms with Crippen molar-refractivity contribution in [3.8, 4) is 0 Å². The number of thiazole rings is 1. The van der Waals surface area contributed by atoms with Gasteiger partial charge in [-0.1, -0.05) is 23.5 Å². The van der Waals surface area contributed by atoms with Crippen LogP contribution in [0, 0.1) is 0 Å². The van der Waals surface area contributed by atoms with E-state index in [1.807, 2.05) is 6.07 Å². The summed E-state index contributed by atoms with van der Waals surface area (Å²) in [7, 11) is 0. The first-order valence-corrected chi connectivity index (χ1v) is 10.5. The zero-order valence-corrected chi connectivity index (χ0v) is 18.6. The van der Waals surface area contributed by atoms with Crippen LogP contribution in [0.5, 0.6) is 0 Å². The highest BCUT2D eigenvalue weighted by Crippen LogP contribution is 2.28. The Kier molecular flexibility index (Phi) is 6.55. The fraction of sp³-hybridized carbons (Fsp3) is 0.273. The summed E-state index contributed by atoms with van der Waals surface area (Å²) in [5, 5.41) is 8.72. The number of ether oxygens (including phenoxy) is 1. The molecule has 31 heavy (non-hydrogen) atoms. The highest BCUT2D eigenvalue weighted by atomic mass is 32.1. The third-order valence-electron chi connectivity index (χ3n) is 3.98. The van der Waals surface area contributed by atoms with E-state index in [1.54, 1.807) is 57.2 Å². The van der Waals surface area contributed by atoms with Crippen LogP contribution in [0.3, 0.4) is 0 Å². The van der Waals surface area contributed by atoms with Gasteiger partial charge in [0, 0.05) is 24.7 Å². The first kappa shape index (κ1) is 22.2. The molecular weight excluding hydrogens is 416 g/mol. The Balaban J connectivity index is 1.60. The largest absolute Gasteiger partial charge is 0.444 e. The number of benzene rings is 2. The maximum absolute atomic E-state index is 12.6. The number of fused-ring (bicyclic) bond motifs is 1. The highest BCUT2D eigenvalue weighted by molar-refractivity contribution is 7.22. The van der Waals surface area contributed by atoms with E-state index < -0.39 is 11.7 Å². The monoisotopic (exact) mass is 440 g/mol. The van der Waals surface area contributed by atoms with Gasteiger partial charge in [-0.25, -0.2) is 9.78 Å². The van der Waals surface area contributed by atoms with Crippen molar-refractivity contribution in [3.05, 3.63) is 53.6 Å². The number of rotatable bonds is 5. The second-order valence-electron chi connectivity index (χ2n) is 7.89. The first-order chi connectivity index (χ1) is 14.6. The lowest BCUT2D eigenvalue weighted by molar-refractivity contribution is -0.114. The smallest absolute Gasteiger partial charge is 0.407 e. The topological polar surface area (TPSA) is 109 Å². The molecule has 0 unspecified atom stereocenters. The van der Waals surface area contributed by atoms with E-state index in [0.717, 1.165) is 15.8 Å². The molecule has 9 heteroatoms. The van der Waals surface area contributed by atoms with Crippen molar-refractivity contribution in [1.82, 2.24) is 10.3 Å². The second kappa shape index (κ2) is 9.13. The number of aromatic nitrogens is 1. The van der Waals surface area contributed by atoms with E-state index >= 15 is 0 Å². The van der Waals surface area contributed by atoms with E-state index in [0.29, 0.717) is 22.9 Å². The minimum Gasteiger partial charge on any atom is -0.444 e. The van der Waals surface area contributed by atoms with Gasteiger partial charge in [-0.05, 0) is 56.7 Å². The number of hydrogen-bond acceptors (Lipinski definition) is 6. The van der Waals surface area contributed by atoms with Gasteiger partial charge in [0.1, 0.15) is 5.60 Å². The van der Waals surface area contributed by atoms with Crippen molar-refractivity contribution in [2.75, 3.05) is 10.6 Å². The Hall–Kier alpha value is -3.46. The molecule has 0 aliphatic heterocycles. The van der Waals surface area contributed by atoms with Crippen LogP contribution in [-0.2, 0) is 16.1 Å². The Morgan fingerprint density at radius 3 is 2.39 bits per heavy atom. The number of carbonyl (C=O) groups is 3. The van der Waals surface area contributed by atoms with Gasteiger partial charge in [-0.3, -0.25) is 9.59 Å². The van der Waals surface area contributed by atoms with Gasteiger partial charge < -0.3 is 20.7 Å². The number of nitrogens with one attached hydrogen (secondary N) is 3. The third-order valence-corrected chi connectivity index (χ3v) is 4.91. The quantitative estimate of drug-likeness (QED) is 0.540. The third kappa shape index (κ3) is 6.51. The summed E-state index contributed by atoms with van der Waals surface area (Å²) in [6.07, 6.45) is -0.491. The summed E-state index contributed by atoms with van der Waals surface area (Å²) in [5.41, 5.74) is 2.16. The lowest BCUT2D eigenvalue weighted by Crippen LogP contribution is -2.32. The molecule has 0 atom stereocenters. The molecule has 0 aliphatic rings. The summed E-state index contributed by atoms with van der Waals surface area (Å²) in [4.78, 5) is 39.8. The molecule has 2 aromatic carbocycles. The number of nitrogens with zero attached hydrogens (tertiary/aromatic N) is 1. The predicted octanol–water partition coefficient (Wildman–Crippen LogP) is 4.53. The van der Waals surface area contributed by atoms with Crippen LogP contribution in [0.15, 0.2) is 42.5 Å². The van der Waals surface area contributed by atoms with Crippen LogP contribution >= 0.6 is 11.3 Å². The fourth-order valence-electron chi connectivity index (χ4n) is 2.67. The van der Waals surface area contributed by atoms with Crippen molar-refractivity contribution in [2.24, 2.45) is 0 Å². The minimum absolute atomic E-state index is 0.183. The SMILES string of the molecule is CC(=O)Nc1nc2ccc(NC(=O)c3ccc(CNC(=O)OC(C)(C)C)cc3)cc2s1. The Morgan fingerprint density at radius 1 is 1.03 bits per heavy atom. The van der Waals surface area contributed by atoms with Crippen molar-refractivity contribution in [2.45, 2.75) is 39.8 Å². The van der Waals surface area contributed by atoms with Crippen LogP contribution < -0.4 is 16.0 Å². The molecule has 3 N–H and O–H groups in total. The van der Waals surface area contributed by atoms with Crippen LogP contribution in [0.2, 0.25) is 0 Å². The molecule has 162 valence electrons. The van der Waals surface area contributed by atoms with E-state index in [9.17, 15) is 14.4 Å². The average molecular weight is 441 g/mol. The van der Waals surface area contributed by atoms with E-state index in [-0.39, 0.29) is 11.8 Å². The summed E-state index contributed by atoms with van der Waals surface area (Å²) in [5.74, 6) is -0.435. The molecule has 0 radical (unpaired) electrons. The van der Waals surface area contributed by atoms with Crippen molar-refractivity contribution < 1.29 is 19.1 Å². The number of carbonyl (C=O) groups excluding carboxylic acids is 3. The van der Waals surface area contributed by atoms with Crippen LogP contribution in [0.1, 0.15) is 43.6 Å². The Morgan fingerprint density at radius 2 is 1.74 bits per heavy atom. The maximum Gasteiger partial charge on any atom is 0.407 e. The maximum atomic E-state index is 12.6. The van der Waals surface area contributed by atoms with Gasteiger partial charge in [0.25, 0.3) is 5.91 Å². The summed E-state index contributed by atoms with van der Waals surface area (Å²) < 4.78 is 6.05. The second-order valence-corrected chi connectivity index (χ2v) is 8.92. The van der Waals surface area contributed by atoms with Gasteiger partial charge in [-0.15, -0.1) is 0 Å². The molecule has 0 fully saturated rings. The van der Waals surface area contributed by atoms with Crippen LogP contribution in [0.4, 0.5) is 15.6 Å². The zero-order chi connectivity index (χ0) is 22.6. The first-order valence-electron chi connectivity index (χ1n) is 9.64. The Bertz CT molecular complexity index is 1120. The predicted molar refractivity (Wildman–Crippen MR) is 121 cm³/mol. The number of alkyl carbamates (subject to hydrolysis) is 1. The molecule has 0 saturated heterocycles. The lowest BCUT2D eigenvalue weighted by atomic mass is 10.1. The molecule has 0 bridgehead atoms. The molecule has 1 heterocycles. The number of hydrogen-bond donors (Lipinski definition) is 3. The normalized spacial score (nSPS) is 11.1. The molecular formula is C22H24N4O4S. The van der Waals surface area contributed by atoms with Crippen LogP contribution in [0.25, 0.3) is 10.2 Å². The average Bonchev–Trinajstić information content (AvgIpc) is 3.06. The number of anilines is 2. The zero-order valence-electron chi connectivity index (χ0n) is 17.7. The lowest BCUT2D eigenvalue weighted by Gasteiger charge is -2.19. The van der Waals surface area contributed by atoms with Crippen molar-refractivity contribution >= 4 is 50.3 Å². The van der Waals surface area contributed by atoms with Gasteiger partial charge in [0.05, 0.1) is 10.2 Å². The van der Waals surface area contributed by atoms with E-state index in [2.05, 4.69) is 20.9 Å². The summed E-state index contributed by atoms with van der Waals surface area (Å²) in [6.45, 7) is 7.13. The van der Waals surface area contributed by atoms with Gasteiger partial charge >= 0.3 is 6.09 Å². The number of amides is 3. The highest BCUT2D eigenvalue weighted by Gasteiger charge is 2.16. The minimum atomic E-state index is -0.556. The summed E-state index contributed by atoms with van der Waals surface area (Å²) >= 11 is 1.34. The summed E-state index contributed by atoms with van der Waals surface area (Å²) in [6, 6.07) is 12.3. The molecule has 0 spiro atoms. The van der Waals surface area contributed by atoms with Gasteiger partial charge in [-0.2, -0.15) is 0 Å². The van der Waals surface area contributed by atoms with E-state index in [4.69, 9.17) is 4.74 Å². The van der Waals surface area contributed by atoms with Crippen LogP contribution in [-0.4, -0.2) is 28.5 Å². The van der Waals surface area contributed by atoms with Gasteiger partial charge in [0.2, 0.25) is 5.91 Å².